The van der Waals surface area contributed by atoms with E-state index in [1.807, 2.05) is 26.0 Å². The van der Waals surface area contributed by atoms with Gasteiger partial charge in [0.2, 0.25) is 5.91 Å². The van der Waals surface area contributed by atoms with Crippen molar-refractivity contribution in [3.05, 3.63) is 29.8 Å². The van der Waals surface area contributed by atoms with E-state index in [0.717, 1.165) is 18.4 Å². The average Bonchev–Trinajstić information content (AvgIpc) is 3.01. The van der Waals surface area contributed by atoms with Gasteiger partial charge in [0.25, 0.3) is 10.2 Å². The predicted octanol–water partition coefficient (Wildman–Crippen LogP) is 1.71. The molecule has 0 radical (unpaired) electrons. The standard InChI is InChI=1S/C15H23N3O3S/c1-12(2)15(19)17-14-7-5-13(6-8-14)11-16-22(20,21)18-9-3-4-10-18/h5-8,12,16H,3-4,9-11H2,1-2H3,(H,17,19). The quantitative estimate of drug-likeness (QED) is 0.836. The molecule has 122 valence electrons. The van der Waals surface area contributed by atoms with Crippen LogP contribution in [-0.2, 0) is 21.5 Å². The molecule has 1 saturated heterocycles. The Morgan fingerprint density at radius 1 is 1.18 bits per heavy atom. The zero-order valence-electron chi connectivity index (χ0n) is 13.0. The maximum Gasteiger partial charge on any atom is 0.279 e. The minimum Gasteiger partial charge on any atom is -0.326 e. The van der Waals surface area contributed by atoms with Crippen LogP contribution >= 0.6 is 0 Å². The second-order valence-corrected chi connectivity index (χ2v) is 7.53. The predicted molar refractivity (Wildman–Crippen MR) is 86.5 cm³/mol. The van der Waals surface area contributed by atoms with E-state index in [2.05, 4.69) is 10.0 Å². The molecule has 1 aromatic carbocycles. The highest BCUT2D eigenvalue weighted by atomic mass is 32.2. The number of amides is 1. The van der Waals surface area contributed by atoms with Crippen LogP contribution in [0.1, 0.15) is 32.3 Å². The van der Waals surface area contributed by atoms with E-state index in [4.69, 9.17) is 0 Å². The van der Waals surface area contributed by atoms with Crippen LogP contribution in [0.25, 0.3) is 0 Å². The summed E-state index contributed by atoms with van der Waals surface area (Å²) in [6.45, 7) is 5.09. The number of anilines is 1. The highest BCUT2D eigenvalue weighted by molar-refractivity contribution is 7.87. The Hall–Kier alpha value is -1.44. The lowest BCUT2D eigenvalue weighted by atomic mass is 10.2. The largest absolute Gasteiger partial charge is 0.326 e. The first-order valence-corrected chi connectivity index (χ1v) is 8.97. The molecule has 2 N–H and O–H groups in total. The van der Waals surface area contributed by atoms with E-state index >= 15 is 0 Å². The molecule has 1 aliphatic rings. The summed E-state index contributed by atoms with van der Waals surface area (Å²) in [6.07, 6.45) is 1.84. The molecule has 2 rings (SSSR count). The first kappa shape index (κ1) is 16.9. The van der Waals surface area contributed by atoms with Gasteiger partial charge in [-0.1, -0.05) is 26.0 Å². The smallest absolute Gasteiger partial charge is 0.279 e. The molecule has 1 aliphatic heterocycles. The number of rotatable bonds is 6. The number of nitrogens with zero attached hydrogens (tertiary/aromatic N) is 1. The van der Waals surface area contributed by atoms with Crippen LogP contribution in [0, 0.1) is 5.92 Å². The molecule has 0 unspecified atom stereocenters. The molecule has 0 bridgehead atoms. The van der Waals surface area contributed by atoms with Crippen molar-refractivity contribution in [2.24, 2.45) is 5.92 Å². The minimum atomic E-state index is -3.38. The molecule has 0 atom stereocenters. The fourth-order valence-electron chi connectivity index (χ4n) is 2.19. The number of carbonyl (C=O) groups is 1. The van der Waals surface area contributed by atoms with Gasteiger partial charge >= 0.3 is 0 Å². The highest BCUT2D eigenvalue weighted by Gasteiger charge is 2.24. The zero-order valence-corrected chi connectivity index (χ0v) is 13.8. The molecule has 0 aliphatic carbocycles. The molecule has 0 saturated carbocycles. The molecule has 22 heavy (non-hydrogen) atoms. The van der Waals surface area contributed by atoms with Crippen LogP contribution in [0.5, 0.6) is 0 Å². The lowest BCUT2D eigenvalue weighted by Crippen LogP contribution is -2.38. The fourth-order valence-corrected chi connectivity index (χ4v) is 3.46. The summed E-state index contributed by atoms with van der Waals surface area (Å²) in [7, 11) is -3.38. The lowest BCUT2D eigenvalue weighted by molar-refractivity contribution is -0.118. The summed E-state index contributed by atoms with van der Waals surface area (Å²) in [5.41, 5.74) is 1.56. The normalized spacial score (nSPS) is 16.1. The Kier molecular flexibility index (Phi) is 5.55. The maximum absolute atomic E-state index is 12.1. The molecule has 1 fully saturated rings. The summed E-state index contributed by atoms with van der Waals surface area (Å²) in [4.78, 5) is 11.6. The topological polar surface area (TPSA) is 78.5 Å². The number of benzene rings is 1. The van der Waals surface area contributed by atoms with Crippen molar-refractivity contribution < 1.29 is 13.2 Å². The van der Waals surface area contributed by atoms with Gasteiger partial charge in [0, 0.05) is 31.2 Å². The Morgan fingerprint density at radius 3 is 2.32 bits per heavy atom. The SMILES string of the molecule is CC(C)C(=O)Nc1ccc(CNS(=O)(=O)N2CCCC2)cc1. The molecule has 1 heterocycles. The van der Waals surface area contributed by atoms with Gasteiger partial charge in [-0.2, -0.15) is 17.4 Å². The summed E-state index contributed by atoms with van der Waals surface area (Å²) in [6, 6.07) is 7.17. The summed E-state index contributed by atoms with van der Waals surface area (Å²) in [5, 5.41) is 2.80. The van der Waals surface area contributed by atoms with Gasteiger partial charge < -0.3 is 5.32 Å². The monoisotopic (exact) mass is 325 g/mol. The van der Waals surface area contributed by atoms with Crippen molar-refractivity contribution in [2.75, 3.05) is 18.4 Å². The summed E-state index contributed by atoms with van der Waals surface area (Å²) >= 11 is 0. The number of hydrogen-bond acceptors (Lipinski definition) is 3. The molecule has 0 aromatic heterocycles. The molecular formula is C15H23N3O3S. The molecular weight excluding hydrogens is 302 g/mol. The second kappa shape index (κ2) is 7.21. The molecule has 7 heteroatoms. The van der Waals surface area contributed by atoms with Crippen molar-refractivity contribution >= 4 is 21.8 Å². The number of nitrogens with one attached hydrogen (secondary N) is 2. The van der Waals surface area contributed by atoms with E-state index < -0.39 is 10.2 Å². The summed E-state index contributed by atoms with van der Waals surface area (Å²) < 4.78 is 28.2. The fraction of sp³-hybridized carbons (Fsp3) is 0.533. The second-order valence-electron chi connectivity index (χ2n) is 5.77. The van der Waals surface area contributed by atoms with E-state index in [-0.39, 0.29) is 18.4 Å². The van der Waals surface area contributed by atoms with Crippen LogP contribution in [0.3, 0.4) is 0 Å². The van der Waals surface area contributed by atoms with Crippen LogP contribution < -0.4 is 10.0 Å². The van der Waals surface area contributed by atoms with Crippen LogP contribution in [0.4, 0.5) is 5.69 Å². The first-order chi connectivity index (χ1) is 10.4. The van der Waals surface area contributed by atoms with Crippen LogP contribution in [0.15, 0.2) is 24.3 Å². The molecule has 1 aromatic rings. The van der Waals surface area contributed by atoms with Gasteiger partial charge in [0.1, 0.15) is 0 Å². The average molecular weight is 325 g/mol. The van der Waals surface area contributed by atoms with E-state index in [9.17, 15) is 13.2 Å². The van der Waals surface area contributed by atoms with E-state index in [1.54, 1.807) is 12.1 Å². The maximum atomic E-state index is 12.1. The highest BCUT2D eigenvalue weighted by Crippen LogP contribution is 2.13. The zero-order chi connectivity index (χ0) is 16.2. The van der Waals surface area contributed by atoms with Gasteiger partial charge in [-0.25, -0.2) is 0 Å². The van der Waals surface area contributed by atoms with Gasteiger partial charge in [-0.15, -0.1) is 0 Å². The number of hydrogen-bond donors (Lipinski definition) is 2. The molecule has 1 amide bonds. The van der Waals surface area contributed by atoms with E-state index in [0.29, 0.717) is 18.8 Å². The third-order valence-corrected chi connectivity index (χ3v) is 5.16. The van der Waals surface area contributed by atoms with Crippen molar-refractivity contribution in [3.63, 3.8) is 0 Å². The van der Waals surface area contributed by atoms with Crippen LogP contribution in [0.2, 0.25) is 0 Å². The van der Waals surface area contributed by atoms with Crippen molar-refractivity contribution in [1.29, 1.82) is 0 Å². The van der Waals surface area contributed by atoms with Crippen molar-refractivity contribution in [3.8, 4) is 0 Å². The van der Waals surface area contributed by atoms with Gasteiger partial charge in [-0.3, -0.25) is 4.79 Å². The van der Waals surface area contributed by atoms with Crippen molar-refractivity contribution in [1.82, 2.24) is 9.03 Å². The third kappa shape index (κ3) is 4.53. The molecule has 0 spiro atoms. The van der Waals surface area contributed by atoms with Crippen LogP contribution in [-0.4, -0.2) is 31.7 Å². The summed E-state index contributed by atoms with van der Waals surface area (Å²) in [5.74, 6) is -0.116. The Labute approximate surface area is 132 Å². The Balaban J connectivity index is 1.90. The van der Waals surface area contributed by atoms with Gasteiger partial charge in [-0.05, 0) is 30.5 Å². The Bertz CT molecular complexity index is 605. The van der Waals surface area contributed by atoms with Crippen molar-refractivity contribution in [2.45, 2.75) is 33.2 Å². The van der Waals surface area contributed by atoms with E-state index in [1.165, 1.54) is 4.31 Å². The van der Waals surface area contributed by atoms with Gasteiger partial charge in [0.05, 0.1) is 0 Å². The minimum absolute atomic E-state index is 0.0394. The Morgan fingerprint density at radius 2 is 1.77 bits per heavy atom. The molecule has 6 nitrogen and oxygen atoms in total. The van der Waals surface area contributed by atoms with Gasteiger partial charge in [0.15, 0.2) is 0 Å². The first-order valence-electron chi connectivity index (χ1n) is 7.53. The number of carbonyl (C=O) groups excluding carboxylic acids is 1. The lowest BCUT2D eigenvalue weighted by Gasteiger charge is -2.16. The third-order valence-electron chi connectivity index (χ3n) is 3.61.